The van der Waals surface area contributed by atoms with Crippen LogP contribution in [0.25, 0.3) is 0 Å². The summed E-state index contributed by atoms with van der Waals surface area (Å²) in [5.41, 5.74) is 0. The van der Waals surface area contributed by atoms with E-state index in [9.17, 15) is 4.79 Å². The average molecular weight is 258 g/mol. The van der Waals surface area contributed by atoms with Crippen LogP contribution in [-0.2, 0) is 4.74 Å². The van der Waals surface area contributed by atoms with Gasteiger partial charge in [-0.1, -0.05) is 19.3 Å². The van der Waals surface area contributed by atoms with Crippen LogP contribution in [0, 0.1) is 0 Å². The second kappa shape index (κ2) is 9.16. The van der Waals surface area contributed by atoms with E-state index < -0.39 is 0 Å². The van der Waals surface area contributed by atoms with E-state index >= 15 is 0 Å². The zero-order valence-corrected chi connectivity index (χ0v) is 11.4. The van der Waals surface area contributed by atoms with E-state index in [1.165, 1.54) is 37.0 Å². The predicted octanol–water partition coefficient (Wildman–Crippen LogP) is 1.36. The van der Waals surface area contributed by atoms with Crippen molar-refractivity contribution in [1.29, 1.82) is 0 Å². The molecule has 1 aliphatic rings. The van der Waals surface area contributed by atoms with Crippen molar-refractivity contribution >= 4 is 6.03 Å². The zero-order valence-electron chi connectivity index (χ0n) is 11.4. The lowest BCUT2D eigenvalue weighted by atomic mass is 9.98. The topological polar surface area (TPSA) is 61.8 Å². The van der Waals surface area contributed by atoms with Crippen molar-refractivity contribution < 1.29 is 14.6 Å². The number of urea groups is 1. The molecule has 0 spiro atoms. The number of hydrogen-bond donors (Lipinski definition) is 2. The van der Waals surface area contributed by atoms with Gasteiger partial charge in [0.25, 0.3) is 0 Å². The van der Waals surface area contributed by atoms with Gasteiger partial charge < -0.3 is 20.1 Å². The lowest BCUT2D eigenvalue weighted by Gasteiger charge is -2.22. The van der Waals surface area contributed by atoms with Gasteiger partial charge in [-0.2, -0.15) is 0 Å². The van der Waals surface area contributed by atoms with Crippen molar-refractivity contribution in [3.63, 3.8) is 0 Å². The first-order valence-electron chi connectivity index (χ1n) is 6.95. The molecule has 0 heterocycles. The van der Waals surface area contributed by atoms with Gasteiger partial charge in [0.1, 0.15) is 0 Å². The minimum absolute atomic E-state index is 0.00525. The molecular formula is C13H26N2O3. The summed E-state index contributed by atoms with van der Waals surface area (Å²) in [5, 5.41) is 11.5. The summed E-state index contributed by atoms with van der Waals surface area (Å²) in [6.45, 7) is 1.70. The molecule has 1 saturated carbocycles. The molecule has 2 amide bonds. The van der Waals surface area contributed by atoms with Crippen LogP contribution in [0.2, 0.25) is 0 Å². The van der Waals surface area contributed by atoms with Crippen LogP contribution in [0.4, 0.5) is 4.79 Å². The van der Waals surface area contributed by atoms with Crippen LogP contribution in [0.15, 0.2) is 0 Å². The lowest BCUT2D eigenvalue weighted by Crippen LogP contribution is -2.39. The largest absolute Gasteiger partial charge is 0.395 e. The maximum absolute atomic E-state index is 11.5. The fraction of sp³-hybridized carbons (Fsp3) is 0.923. The Morgan fingerprint density at radius 1 is 1.39 bits per heavy atom. The number of carbonyl (C=O) groups excluding carboxylic acids is 1. The highest BCUT2D eigenvalue weighted by Crippen LogP contribution is 2.20. The number of rotatable bonds is 7. The number of hydrogen-bond acceptors (Lipinski definition) is 3. The molecule has 5 heteroatoms. The van der Waals surface area contributed by atoms with Gasteiger partial charge in [0.15, 0.2) is 0 Å². The first-order chi connectivity index (χ1) is 8.74. The maximum Gasteiger partial charge on any atom is 0.317 e. The van der Waals surface area contributed by atoms with Gasteiger partial charge in [-0.3, -0.25) is 0 Å². The normalized spacial score (nSPS) is 16.6. The third kappa shape index (κ3) is 6.21. The summed E-state index contributed by atoms with van der Waals surface area (Å²) >= 11 is 0. The quantitative estimate of drug-likeness (QED) is 0.678. The van der Waals surface area contributed by atoms with Gasteiger partial charge in [-0.15, -0.1) is 0 Å². The van der Waals surface area contributed by atoms with Crippen molar-refractivity contribution in [2.45, 2.75) is 44.6 Å². The van der Waals surface area contributed by atoms with Crippen LogP contribution in [0.1, 0.15) is 38.5 Å². The SMILES string of the molecule is CN(CCO)C(=O)NCCCOC1CCCCC1. The Hall–Kier alpha value is -0.810. The molecule has 5 nitrogen and oxygen atoms in total. The molecule has 0 bridgehead atoms. The minimum atomic E-state index is -0.137. The summed E-state index contributed by atoms with van der Waals surface area (Å²) in [6.07, 6.45) is 7.56. The van der Waals surface area contributed by atoms with Crippen molar-refractivity contribution in [2.24, 2.45) is 0 Å². The molecule has 0 aromatic rings. The highest BCUT2D eigenvalue weighted by atomic mass is 16.5. The fourth-order valence-corrected chi connectivity index (χ4v) is 2.14. The van der Waals surface area contributed by atoms with Crippen LogP contribution in [0.5, 0.6) is 0 Å². The number of aliphatic hydroxyl groups is 1. The van der Waals surface area contributed by atoms with Gasteiger partial charge in [0, 0.05) is 26.7 Å². The molecule has 0 atom stereocenters. The molecule has 18 heavy (non-hydrogen) atoms. The molecule has 1 fully saturated rings. The first kappa shape index (κ1) is 15.2. The average Bonchev–Trinajstić information content (AvgIpc) is 2.39. The molecule has 0 aromatic heterocycles. The summed E-state index contributed by atoms with van der Waals surface area (Å²) < 4.78 is 5.77. The Kier molecular flexibility index (Phi) is 7.76. The number of nitrogens with zero attached hydrogens (tertiary/aromatic N) is 1. The highest BCUT2D eigenvalue weighted by Gasteiger charge is 2.13. The van der Waals surface area contributed by atoms with Gasteiger partial charge in [0.05, 0.1) is 12.7 Å². The van der Waals surface area contributed by atoms with E-state index in [1.807, 2.05) is 0 Å². The van der Waals surface area contributed by atoms with Crippen LogP contribution in [0.3, 0.4) is 0 Å². The van der Waals surface area contributed by atoms with Gasteiger partial charge in [-0.25, -0.2) is 4.79 Å². The lowest BCUT2D eigenvalue weighted by molar-refractivity contribution is 0.0274. The summed E-state index contributed by atoms with van der Waals surface area (Å²) in [6, 6.07) is -0.137. The molecule has 0 aliphatic heterocycles. The van der Waals surface area contributed by atoms with Crippen molar-refractivity contribution in [1.82, 2.24) is 10.2 Å². The number of nitrogens with one attached hydrogen (secondary N) is 1. The molecule has 0 radical (unpaired) electrons. The summed E-state index contributed by atoms with van der Waals surface area (Å²) in [4.78, 5) is 12.9. The van der Waals surface area contributed by atoms with Crippen LogP contribution < -0.4 is 5.32 Å². The second-order valence-corrected chi connectivity index (χ2v) is 4.86. The Morgan fingerprint density at radius 2 is 2.11 bits per heavy atom. The van der Waals surface area contributed by atoms with E-state index in [-0.39, 0.29) is 12.6 Å². The van der Waals surface area contributed by atoms with E-state index in [1.54, 1.807) is 7.05 Å². The molecule has 1 rings (SSSR count). The van der Waals surface area contributed by atoms with E-state index in [0.717, 1.165) is 6.42 Å². The third-order valence-electron chi connectivity index (χ3n) is 3.29. The Labute approximate surface area is 109 Å². The predicted molar refractivity (Wildman–Crippen MR) is 70.6 cm³/mol. The number of likely N-dealkylation sites (N-methyl/N-ethyl adjacent to an activating group) is 1. The standard InChI is InChI=1S/C13H26N2O3/c1-15(9-10-16)13(17)14-8-5-11-18-12-6-3-2-4-7-12/h12,16H,2-11H2,1H3,(H,14,17). The summed E-state index contributed by atoms with van der Waals surface area (Å²) in [7, 11) is 1.67. The Bertz CT molecular complexity index is 230. The van der Waals surface area contributed by atoms with Gasteiger partial charge >= 0.3 is 6.03 Å². The Balaban J connectivity index is 1.95. The van der Waals surface area contributed by atoms with Crippen molar-refractivity contribution in [2.75, 3.05) is 33.4 Å². The monoisotopic (exact) mass is 258 g/mol. The summed E-state index contributed by atoms with van der Waals surface area (Å²) in [5.74, 6) is 0. The van der Waals surface area contributed by atoms with E-state index in [0.29, 0.717) is 25.8 Å². The highest BCUT2D eigenvalue weighted by molar-refractivity contribution is 5.73. The maximum atomic E-state index is 11.5. The number of amides is 2. The molecule has 0 saturated heterocycles. The fourth-order valence-electron chi connectivity index (χ4n) is 2.14. The molecule has 2 N–H and O–H groups in total. The molecular weight excluding hydrogens is 232 g/mol. The minimum Gasteiger partial charge on any atom is -0.395 e. The van der Waals surface area contributed by atoms with Crippen molar-refractivity contribution in [3.8, 4) is 0 Å². The van der Waals surface area contributed by atoms with Crippen LogP contribution >= 0.6 is 0 Å². The molecule has 0 unspecified atom stereocenters. The third-order valence-corrected chi connectivity index (χ3v) is 3.29. The second-order valence-electron chi connectivity index (χ2n) is 4.86. The Morgan fingerprint density at radius 3 is 2.78 bits per heavy atom. The van der Waals surface area contributed by atoms with Crippen molar-refractivity contribution in [3.05, 3.63) is 0 Å². The van der Waals surface area contributed by atoms with E-state index in [4.69, 9.17) is 9.84 Å². The van der Waals surface area contributed by atoms with Crippen LogP contribution in [-0.4, -0.2) is 55.5 Å². The number of carbonyl (C=O) groups is 1. The molecule has 106 valence electrons. The number of aliphatic hydroxyl groups excluding tert-OH is 1. The molecule has 1 aliphatic carbocycles. The molecule has 0 aromatic carbocycles. The zero-order chi connectivity index (χ0) is 13.2. The van der Waals surface area contributed by atoms with Gasteiger partial charge in [0.2, 0.25) is 0 Å². The smallest absolute Gasteiger partial charge is 0.317 e. The van der Waals surface area contributed by atoms with Gasteiger partial charge in [-0.05, 0) is 19.3 Å². The first-order valence-corrected chi connectivity index (χ1v) is 6.95. The van der Waals surface area contributed by atoms with E-state index in [2.05, 4.69) is 5.32 Å². The number of ether oxygens (including phenoxy) is 1.